The molecular formula is C16H34N2. The summed E-state index contributed by atoms with van der Waals surface area (Å²) in [5.74, 6) is 1.32. The van der Waals surface area contributed by atoms with Crippen molar-refractivity contribution in [3.8, 4) is 0 Å². The molecule has 0 aliphatic rings. The molecule has 0 heterocycles. The largest absolute Gasteiger partial charge is 0.365 e. The predicted octanol–water partition coefficient (Wildman–Crippen LogP) is 4.48. The van der Waals surface area contributed by atoms with E-state index in [0.29, 0.717) is 0 Å². The molecule has 18 heavy (non-hydrogen) atoms. The highest BCUT2D eigenvalue weighted by Crippen LogP contribution is 2.11. The van der Waals surface area contributed by atoms with Crippen LogP contribution in [-0.2, 0) is 0 Å². The van der Waals surface area contributed by atoms with Gasteiger partial charge in [0, 0.05) is 28.2 Å². The molecule has 0 bridgehead atoms. The lowest BCUT2D eigenvalue weighted by atomic mass is 10.1. The molecule has 2 heteroatoms. The maximum absolute atomic E-state index is 2.36. The quantitative estimate of drug-likeness (QED) is 0.502. The Labute approximate surface area is 115 Å². The predicted molar refractivity (Wildman–Crippen MR) is 82.7 cm³/mol. The summed E-state index contributed by atoms with van der Waals surface area (Å²) in [7, 11) is 8.44. The van der Waals surface area contributed by atoms with Crippen LogP contribution in [-0.4, -0.2) is 38.0 Å². The van der Waals surface area contributed by atoms with E-state index in [2.05, 4.69) is 51.0 Å². The lowest BCUT2D eigenvalue weighted by Crippen LogP contribution is -2.24. The van der Waals surface area contributed by atoms with Crippen LogP contribution in [0.25, 0.3) is 0 Å². The Morgan fingerprint density at radius 2 is 1.17 bits per heavy atom. The van der Waals surface area contributed by atoms with Crippen LogP contribution in [0.4, 0.5) is 0 Å². The summed E-state index contributed by atoms with van der Waals surface area (Å²) in [5, 5.41) is 0. The van der Waals surface area contributed by atoms with Crippen molar-refractivity contribution in [2.75, 3.05) is 28.2 Å². The highest BCUT2D eigenvalue weighted by molar-refractivity contribution is 4.96. The smallest absolute Gasteiger partial charge is 0.0987 e. The number of nitrogens with zero attached hydrogens (tertiary/aromatic N) is 2. The standard InChI is InChI=1S/C16H34N2/c1-6-7-8-9-10-11-12-13-14-15-16(17(2)3)18(4)5/h15H,6-14H2,1-5H3. The van der Waals surface area contributed by atoms with E-state index in [4.69, 9.17) is 0 Å². The Hall–Kier alpha value is -0.660. The fourth-order valence-corrected chi connectivity index (χ4v) is 2.27. The summed E-state index contributed by atoms with van der Waals surface area (Å²) in [6, 6.07) is 0. The van der Waals surface area contributed by atoms with Crippen molar-refractivity contribution >= 4 is 0 Å². The van der Waals surface area contributed by atoms with E-state index in [1.54, 1.807) is 0 Å². The zero-order valence-electron chi connectivity index (χ0n) is 13.3. The first kappa shape index (κ1) is 17.3. The topological polar surface area (TPSA) is 6.48 Å². The van der Waals surface area contributed by atoms with Crippen LogP contribution in [0.3, 0.4) is 0 Å². The second kappa shape index (κ2) is 11.4. The van der Waals surface area contributed by atoms with Crippen molar-refractivity contribution in [1.82, 2.24) is 9.80 Å². The maximum atomic E-state index is 2.36. The van der Waals surface area contributed by atoms with Gasteiger partial charge in [-0.15, -0.1) is 0 Å². The molecule has 2 nitrogen and oxygen atoms in total. The molecule has 0 aromatic heterocycles. The Kier molecular flexibility index (Phi) is 11.0. The Morgan fingerprint density at radius 1 is 0.722 bits per heavy atom. The molecule has 0 aliphatic heterocycles. The van der Waals surface area contributed by atoms with E-state index < -0.39 is 0 Å². The van der Waals surface area contributed by atoms with E-state index in [9.17, 15) is 0 Å². The number of hydrogen-bond donors (Lipinski definition) is 0. The average Bonchev–Trinajstić information content (AvgIpc) is 2.30. The van der Waals surface area contributed by atoms with Crippen molar-refractivity contribution in [1.29, 1.82) is 0 Å². The summed E-state index contributed by atoms with van der Waals surface area (Å²) in [4.78, 5) is 4.37. The van der Waals surface area contributed by atoms with Gasteiger partial charge in [-0.1, -0.05) is 51.9 Å². The van der Waals surface area contributed by atoms with Gasteiger partial charge in [0.1, 0.15) is 0 Å². The van der Waals surface area contributed by atoms with Gasteiger partial charge in [0.15, 0.2) is 0 Å². The van der Waals surface area contributed by atoms with Gasteiger partial charge in [-0.05, 0) is 18.9 Å². The van der Waals surface area contributed by atoms with Crippen molar-refractivity contribution in [3.05, 3.63) is 11.9 Å². The first-order valence-electron chi connectivity index (χ1n) is 7.64. The van der Waals surface area contributed by atoms with Gasteiger partial charge in [-0.3, -0.25) is 0 Å². The van der Waals surface area contributed by atoms with Crippen LogP contribution in [0, 0.1) is 0 Å². The van der Waals surface area contributed by atoms with Crippen molar-refractivity contribution in [2.24, 2.45) is 0 Å². The minimum atomic E-state index is 1.21. The third-order valence-electron chi connectivity index (χ3n) is 3.30. The zero-order chi connectivity index (χ0) is 13.8. The van der Waals surface area contributed by atoms with E-state index in [-0.39, 0.29) is 0 Å². The molecular weight excluding hydrogens is 220 g/mol. The van der Waals surface area contributed by atoms with Crippen LogP contribution >= 0.6 is 0 Å². The highest BCUT2D eigenvalue weighted by atomic mass is 15.3. The van der Waals surface area contributed by atoms with Crippen LogP contribution < -0.4 is 0 Å². The Morgan fingerprint density at radius 3 is 1.61 bits per heavy atom. The van der Waals surface area contributed by atoms with Gasteiger partial charge in [0.05, 0.1) is 5.82 Å². The second-order valence-corrected chi connectivity index (χ2v) is 5.61. The lowest BCUT2D eigenvalue weighted by Gasteiger charge is -2.24. The number of unbranched alkanes of at least 4 members (excludes halogenated alkanes) is 8. The molecule has 0 atom stereocenters. The average molecular weight is 254 g/mol. The van der Waals surface area contributed by atoms with Gasteiger partial charge < -0.3 is 9.80 Å². The first-order chi connectivity index (χ1) is 8.59. The fourth-order valence-electron chi connectivity index (χ4n) is 2.27. The summed E-state index contributed by atoms with van der Waals surface area (Å²) in [5.41, 5.74) is 0. The van der Waals surface area contributed by atoms with Crippen LogP contribution in [0.15, 0.2) is 11.9 Å². The molecule has 0 saturated heterocycles. The van der Waals surface area contributed by atoms with E-state index in [1.165, 1.54) is 63.6 Å². The van der Waals surface area contributed by atoms with Gasteiger partial charge in [-0.2, -0.15) is 0 Å². The normalized spacial score (nSPS) is 10.3. The fraction of sp³-hybridized carbons (Fsp3) is 0.875. The molecule has 108 valence electrons. The molecule has 0 spiro atoms. The lowest BCUT2D eigenvalue weighted by molar-refractivity contribution is 0.339. The number of rotatable bonds is 11. The minimum absolute atomic E-state index is 1.21. The molecule has 0 unspecified atom stereocenters. The van der Waals surface area contributed by atoms with Crippen LogP contribution in [0.5, 0.6) is 0 Å². The molecule has 0 fully saturated rings. The molecule has 0 aliphatic carbocycles. The number of hydrogen-bond acceptors (Lipinski definition) is 2. The minimum Gasteiger partial charge on any atom is -0.365 e. The summed E-state index contributed by atoms with van der Waals surface area (Å²) in [6.45, 7) is 2.28. The molecule has 0 saturated carbocycles. The summed E-state index contributed by atoms with van der Waals surface area (Å²) >= 11 is 0. The zero-order valence-corrected chi connectivity index (χ0v) is 13.3. The van der Waals surface area contributed by atoms with E-state index >= 15 is 0 Å². The van der Waals surface area contributed by atoms with E-state index in [1.807, 2.05) is 0 Å². The summed E-state index contributed by atoms with van der Waals surface area (Å²) < 4.78 is 0. The van der Waals surface area contributed by atoms with Gasteiger partial charge in [0.25, 0.3) is 0 Å². The van der Waals surface area contributed by atoms with Gasteiger partial charge in [-0.25, -0.2) is 0 Å². The van der Waals surface area contributed by atoms with Crippen molar-refractivity contribution in [2.45, 2.75) is 64.7 Å². The third-order valence-corrected chi connectivity index (χ3v) is 3.30. The molecule has 0 radical (unpaired) electrons. The van der Waals surface area contributed by atoms with E-state index in [0.717, 1.165) is 0 Å². The van der Waals surface area contributed by atoms with Crippen LogP contribution in [0.2, 0.25) is 0 Å². The Balaban J connectivity index is 3.51. The summed E-state index contributed by atoms with van der Waals surface area (Å²) in [6.07, 6.45) is 14.8. The highest BCUT2D eigenvalue weighted by Gasteiger charge is 2.00. The molecule has 0 rings (SSSR count). The van der Waals surface area contributed by atoms with Gasteiger partial charge in [0.2, 0.25) is 0 Å². The van der Waals surface area contributed by atoms with Crippen molar-refractivity contribution in [3.63, 3.8) is 0 Å². The second-order valence-electron chi connectivity index (χ2n) is 5.61. The monoisotopic (exact) mass is 254 g/mol. The SMILES string of the molecule is CCCCCCCCCCC=C(N(C)C)N(C)C. The molecule has 0 aromatic carbocycles. The Bertz CT molecular complexity index is 197. The first-order valence-corrected chi connectivity index (χ1v) is 7.64. The van der Waals surface area contributed by atoms with Gasteiger partial charge >= 0.3 is 0 Å². The maximum Gasteiger partial charge on any atom is 0.0987 e. The molecule has 0 amide bonds. The molecule has 0 aromatic rings. The van der Waals surface area contributed by atoms with Crippen LogP contribution in [0.1, 0.15) is 64.7 Å². The van der Waals surface area contributed by atoms with Crippen molar-refractivity contribution < 1.29 is 0 Å². The molecule has 0 N–H and O–H groups in total. The third kappa shape index (κ3) is 9.38. The number of allylic oxidation sites excluding steroid dienone is 1.